The van der Waals surface area contributed by atoms with Gasteiger partial charge in [-0.3, -0.25) is 4.90 Å². The Labute approximate surface area is 126 Å². The number of carbonyl (C=O) groups is 1. The molecule has 2 atom stereocenters. The lowest BCUT2D eigenvalue weighted by Crippen LogP contribution is -2.52. The zero-order valence-corrected chi connectivity index (χ0v) is 12.7. The van der Waals surface area contributed by atoms with Gasteiger partial charge in [-0.15, -0.1) is 0 Å². The summed E-state index contributed by atoms with van der Waals surface area (Å²) in [7, 11) is 2.22. The van der Waals surface area contributed by atoms with E-state index in [1.165, 1.54) is 44.5 Å². The van der Waals surface area contributed by atoms with E-state index in [2.05, 4.69) is 16.8 Å². The van der Waals surface area contributed by atoms with Crippen LogP contribution in [0.1, 0.15) is 35.2 Å². The summed E-state index contributed by atoms with van der Waals surface area (Å²) >= 11 is 0. The van der Waals surface area contributed by atoms with E-state index in [1.54, 1.807) is 12.1 Å². The zero-order chi connectivity index (χ0) is 14.8. The van der Waals surface area contributed by atoms with Gasteiger partial charge in [0.1, 0.15) is 0 Å². The van der Waals surface area contributed by atoms with E-state index in [1.807, 2.05) is 12.1 Å². The van der Waals surface area contributed by atoms with Crippen LogP contribution in [0.25, 0.3) is 0 Å². The molecule has 2 aliphatic rings. The molecule has 1 N–H and O–H groups in total. The van der Waals surface area contributed by atoms with Gasteiger partial charge in [-0.05, 0) is 63.0 Å². The van der Waals surface area contributed by atoms with Crippen molar-refractivity contribution < 1.29 is 9.90 Å². The lowest BCUT2D eigenvalue weighted by Gasteiger charge is -2.46. The van der Waals surface area contributed by atoms with Gasteiger partial charge < -0.3 is 10.0 Å². The zero-order valence-electron chi connectivity index (χ0n) is 12.7. The summed E-state index contributed by atoms with van der Waals surface area (Å²) in [6, 6.07) is 8.06. The summed E-state index contributed by atoms with van der Waals surface area (Å²) in [6.45, 7) is 4.53. The van der Waals surface area contributed by atoms with Crippen LogP contribution >= 0.6 is 0 Å². The van der Waals surface area contributed by atoms with Crippen LogP contribution in [0.3, 0.4) is 0 Å². The van der Waals surface area contributed by atoms with Crippen molar-refractivity contribution in [3.05, 3.63) is 35.4 Å². The number of piperidine rings is 2. The normalized spacial score (nSPS) is 27.3. The number of rotatable bonds is 3. The second-order valence-electron chi connectivity index (χ2n) is 6.49. The molecular weight excluding hydrogens is 264 g/mol. The molecule has 0 aromatic heterocycles. The van der Waals surface area contributed by atoms with Crippen LogP contribution in [0.2, 0.25) is 0 Å². The highest BCUT2D eigenvalue weighted by atomic mass is 16.4. The summed E-state index contributed by atoms with van der Waals surface area (Å²) in [5.74, 6) is -0.0503. The molecule has 1 aromatic rings. The largest absolute Gasteiger partial charge is 0.478 e. The lowest BCUT2D eigenvalue weighted by atomic mass is 9.84. The van der Waals surface area contributed by atoms with Gasteiger partial charge in [0.05, 0.1) is 5.56 Å². The van der Waals surface area contributed by atoms with E-state index in [-0.39, 0.29) is 0 Å². The third-order valence-electron chi connectivity index (χ3n) is 4.97. The maximum atomic E-state index is 10.9. The molecule has 0 bridgehead atoms. The van der Waals surface area contributed by atoms with E-state index in [9.17, 15) is 4.79 Å². The smallest absolute Gasteiger partial charge is 0.335 e. The molecule has 1 aromatic carbocycles. The van der Waals surface area contributed by atoms with Crippen LogP contribution in [0, 0.1) is 5.92 Å². The van der Waals surface area contributed by atoms with Gasteiger partial charge in [-0.2, -0.15) is 0 Å². The number of aromatic carboxylic acids is 1. The van der Waals surface area contributed by atoms with Crippen LogP contribution in [0.5, 0.6) is 0 Å². The highest BCUT2D eigenvalue weighted by Crippen LogP contribution is 2.31. The van der Waals surface area contributed by atoms with Crippen molar-refractivity contribution in [2.75, 3.05) is 26.7 Å². The summed E-state index contributed by atoms with van der Waals surface area (Å²) in [5, 5.41) is 8.96. The molecule has 4 nitrogen and oxygen atoms in total. The standard InChI is InChI=1S/C17H24N2O2/c1-18-10-8-16-15(12-18)3-2-9-19(16)11-13-4-6-14(7-5-13)17(20)21/h4-7,15-16H,2-3,8-12H2,1H3,(H,20,21). The van der Waals surface area contributed by atoms with E-state index in [4.69, 9.17) is 5.11 Å². The predicted octanol–water partition coefficient (Wildman–Crippen LogP) is 2.30. The number of carboxylic acids is 1. The fourth-order valence-corrected chi connectivity index (χ4v) is 3.87. The maximum Gasteiger partial charge on any atom is 0.335 e. The summed E-state index contributed by atoms with van der Waals surface area (Å²) in [4.78, 5) is 16.0. The Hall–Kier alpha value is -1.39. The highest BCUT2D eigenvalue weighted by molar-refractivity contribution is 5.87. The molecule has 21 heavy (non-hydrogen) atoms. The Balaban J connectivity index is 1.67. The van der Waals surface area contributed by atoms with E-state index in [0.29, 0.717) is 11.6 Å². The predicted molar refractivity (Wildman–Crippen MR) is 82.4 cm³/mol. The lowest BCUT2D eigenvalue weighted by molar-refractivity contribution is 0.0266. The first kappa shape index (κ1) is 14.5. The van der Waals surface area contributed by atoms with E-state index < -0.39 is 5.97 Å². The fourth-order valence-electron chi connectivity index (χ4n) is 3.87. The van der Waals surface area contributed by atoms with Gasteiger partial charge in [-0.1, -0.05) is 12.1 Å². The highest BCUT2D eigenvalue weighted by Gasteiger charge is 2.34. The number of hydrogen-bond donors (Lipinski definition) is 1. The SMILES string of the molecule is CN1CCC2C(CCCN2Cc2ccc(C(=O)O)cc2)C1. The van der Waals surface area contributed by atoms with Gasteiger partial charge in [0.25, 0.3) is 0 Å². The number of likely N-dealkylation sites (tertiary alicyclic amines) is 2. The minimum absolute atomic E-state index is 0.370. The van der Waals surface area contributed by atoms with Crippen molar-refractivity contribution in [2.45, 2.75) is 31.8 Å². The van der Waals surface area contributed by atoms with Crippen molar-refractivity contribution in [3.8, 4) is 0 Å². The molecular formula is C17H24N2O2. The Morgan fingerprint density at radius 2 is 2.00 bits per heavy atom. The minimum Gasteiger partial charge on any atom is -0.478 e. The van der Waals surface area contributed by atoms with Gasteiger partial charge in [-0.25, -0.2) is 4.79 Å². The van der Waals surface area contributed by atoms with Gasteiger partial charge >= 0.3 is 5.97 Å². The fraction of sp³-hybridized carbons (Fsp3) is 0.588. The Kier molecular flexibility index (Phi) is 4.27. The van der Waals surface area contributed by atoms with Gasteiger partial charge in [0.2, 0.25) is 0 Å². The number of carboxylic acid groups (broad SMARTS) is 1. The number of hydrogen-bond acceptors (Lipinski definition) is 3. The van der Waals surface area contributed by atoms with Crippen molar-refractivity contribution in [1.82, 2.24) is 9.80 Å². The van der Waals surface area contributed by atoms with Crippen LogP contribution in [0.4, 0.5) is 0 Å². The van der Waals surface area contributed by atoms with Crippen molar-refractivity contribution in [1.29, 1.82) is 0 Å². The second kappa shape index (κ2) is 6.16. The Morgan fingerprint density at radius 3 is 2.71 bits per heavy atom. The number of nitrogens with zero attached hydrogens (tertiary/aromatic N) is 2. The molecule has 0 spiro atoms. The Bertz CT molecular complexity index is 500. The first-order valence-corrected chi connectivity index (χ1v) is 7.88. The molecule has 0 radical (unpaired) electrons. The molecule has 2 unspecified atom stereocenters. The van der Waals surface area contributed by atoms with Crippen molar-refractivity contribution in [3.63, 3.8) is 0 Å². The van der Waals surface area contributed by atoms with E-state index >= 15 is 0 Å². The first-order chi connectivity index (χ1) is 10.1. The third kappa shape index (κ3) is 3.27. The second-order valence-corrected chi connectivity index (χ2v) is 6.49. The molecule has 3 rings (SSSR count). The topological polar surface area (TPSA) is 43.8 Å². The quantitative estimate of drug-likeness (QED) is 0.927. The van der Waals surface area contributed by atoms with Crippen LogP contribution in [0.15, 0.2) is 24.3 Å². The maximum absolute atomic E-state index is 10.9. The molecule has 2 heterocycles. The Morgan fingerprint density at radius 1 is 1.24 bits per heavy atom. The van der Waals surface area contributed by atoms with Crippen molar-refractivity contribution >= 4 is 5.97 Å². The summed E-state index contributed by atoms with van der Waals surface area (Å²) in [5.41, 5.74) is 1.59. The molecule has 4 heteroatoms. The van der Waals surface area contributed by atoms with Crippen LogP contribution in [-0.4, -0.2) is 53.6 Å². The van der Waals surface area contributed by atoms with E-state index in [0.717, 1.165) is 12.5 Å². The third-order valence-corrected chi connectivity index (χ3v) is 4.97. The number of benzene rings is 1. The summed E-state index contributed by atoms with van der Waals surface area (Å²) in [6.07, 6.45) is 3.89. The van der Waals surface area contributed by atoms with Gasteiger partial charge in [0, 0.05) is 19.1 Å². The minimum atomic E-state index is -0.852. The number of fused-ring (bicyclic) bond motifs is 1. The molecule has 2 fully saturated rings. The monoisotopic (exact) mass is 288 g/mol. The molecule has 0 saturated carbocycles. The summed E-state index contributed by atoms with van der Waals surface area (Å²) < 4.78 is 0. The average molecular weight is 288 g/mol. The van der Waals surface area contributed by atoms with Crippen LogP contribution < -0.4 is 0 Å². The molecule has 2 aliphatic heterocycles. The van der Waals surface area contributed by atoms with Crippen molar-refractivity contribution in [2.24, 2.45) is 5.92 Å². The molecule has 0 amide bonds. The average Bonchev–Trinajstić information content (AvgIpc) is 2.47. The van der Waals surface area contributed by atoms with Gasteiger partial charge in [0.15, 0.2) is 0 Å². The molecule has 0 aliphatic carbocycles. The molecule has 2 saturated heterocycles. The molecule has 114 valence electrons. The first-order valence-electron chi connectivity index (χ1n) is 7.88. The van der Waals surface area contributed by atoms with Crippen LogP contribution in [-0.2, 0) is 6.54 Å².